The third-order valence-electron chi connectivity index (χ3n) is 7.46. The number of carbonyl (C=O) groups excluding carboxylic acids is 1. The van der Waals surface area contributed by atoms with Crippen LogP contribution in [0.15, 0.2) is 72.8 Å². The van der Waals surface area contributed by atoms with E-state index in [0.29, 0.717) is 51.3 Å². The first-order valence-corrected chi connectivity index (χ1v) is 14.5. The van der Waals surface area contributed by atoms with Crippen LogP contribution in [-0.4, -0.2) is 58.6 Å². The van der Waals surface area contributed by atoms with Crippen LogP contribution in [0.25, 0.3) is 27.5 Å². The molecule has 0 bridgehead atoms. The molecule has 2 heterocycles. The van der Waals surface area contributed by atoms with Crippen molar-refractivity contribution in [1.29, 1.82) is 0 Å². The Labute approximate surface area is 250 Å². The van der Waals surface area contributed by atoms with Crippen LogP contribution in [0.3, 0.4) is 0 Å². The zero-order valence-electron chi connectivity index (χ0n) is 24.5. The standard InChI is InChI=1S/C34H38N4O5/c1-22-20-25(33(39)36-16-19-42-18-15-35)21-23(2)31(22)29-13-6-12-28-27(32(34(40)41)37-38(28)29)11-7-17-43-30-14-5-9-24-8-3-4-10-26(24)30/h3-6,8-10,12-14,20-21,34,40-41H,7,11,15-19,35H2,1-2H3,(H,36,39). The number of nitrogens with zero attached hydrogens (tertiary/aromatic N) is 2. The van der Waals surface area contributed by atoms with Crippen LogP contribution in [0, 0.1) is 13.8 Å². The monoisotopic (exact) mass is 582 g/mol. The second-order valence-electron chi connectivity index (χ2n) is 10.5. The fraction of sp³-hybridized carbons (Fsp3) is 0.294. The minimum Gasteiger partial charge on any atom is -0.493 e. The minimum atomic E-state index is -1.72. The van der Waals surface area contributed by atoms with E-state index in [0.717, 1.165) is 50.0 Å². The molecule has 9 nitrogen and oxygen atoms in total. The molecule has 0 radical (unpaired) electrons. The lowest BCUT2D eigenvalue weighted by Gasteiger charge is -2.14. The molecule has 0 fully saturated rings. The Morgan fingerprint density at radius 1 is 0.977 bits per heavy atom. The predicted molar refractivity (Wildman–Crippen MR) is 167 cm³/mol. The van der Waals surface area contributed by atoms with E-state index in [1.165, 1.54) is 0 Å². The van der Waals surface area contributed by atoms with Crippen molar-refractivity contribution in [2.24, 2.45) is 5.73 Å². The molecule has 2 aromatic heterocycles. The maximum atomic E-state index is 12.8. The molecule has 0 aliphatic heterocycles. The molecule has 43 heavy (non-hydrogen) atoms. The molecule has 0 saturated heterocycles. The first-order valence-electron chi connectivity index (χ1n) is 14.5. The second-order valence-corrected chi connectivity index (χ2v) is 10.5. The van der Waals surface area contributed by atoms with Crippen LogP contribution < -0.4 is 15.8 Å². The summed E-state index contributed by atoms with van der Waals surface area (Å²) in [7, 11) is 0. The highest BCUT2D eigenvalue weighted by molar-refractivity contribution is 5.95. The smallest absolute Gasteiger partial charge is 0.251 e. The molecule has 0 aliphatic carbocycles. The Bertz CT molecular complexity index is 1700. The summed E-state index contributed by atoms with van der Waals surface area (Å²) in [5.41, 5.74) is 11.3. The topological polar surface area (TPSA) is 131 Å². The van der Waals surface area contributed by atoms with Crippen molar-refractivity contribution in [2.45, 2.75) is 33.0 Å². The Hall–Kier alpha value is -4.28. The molecule has 224 valence electrons. The molecule has 0 saturated carbocycles. The highest BCUT2D eigenvalue weighted by Crippen LogP contribution is 2.32. The van der Waals surface area contributed by atoms with Crippen LogP contribution >= 0.6 is 0 Å². The molecule has 0 aliphatic rings. The van der Waals surface area contributed by atoms with E-state index in [2.05, 4.69) is 22.5 Å². The zero-order valence-corrected chi connectivity index (χ0v) is 24.5. The molecule has 0 unspecified atom stereocenters. The van der Waals surface area contributed by atoms with Crippen molar-refractivity contribution >= 4 is 22.2 Å². The van der Waals surface area contributed by atoms with Gasteiger partial charge >= 0.3 is 0 Å². The number of aromatic nitrogens is 2. The summed E-state index contributed by atoms with van der Waals surface area (Å²) in [4.78, 5) is 12.8. The Kier molecular flexibility index (Phi) is 9.68. The minimum absolute atomic E-state index is 0.176. The van der Waals surface area contributed by atoms with Gasteiger partial charge in [0.25, 0.3) is 5.91 Å². The van der Waals surface area contributed by atoms with Gasteiger partial charge in [-0.15, -0.1) is 0 Å². The van der Waals surface area contributed by atoms with E-state index in [9.17, 15) is 15.0 Å². The van der Waals surface area contributed by atoms with Crippen molar-refractivity contribution in [3.8, 4) is 17.0 Å². The third-order valence-corrected chi connectivity index (χ3v) is 7.46. The van der Waals surface area contributed by atoms with Gasteiger partial charge in [0.15, 0.2) is 6.29 Å². The molecule has 0 spiro atoms. The van der Waals surface area contributed by atoms with Gasteiger partial charge in [0.2, 0.25) is 0 Å². The van der Waals surface area contributed by atoms with E-state index >= 15 is 0 Å². The van der Waals surface area contributed by atoms with Crippen molar-refractivity contribution in [2.75, 3.05) is 32.9 Å². The third kappa shape index (κ3) is 6.71. The average molecular weight is 583 g/mol. The normalized spacial score (nSPS) is 11.5. The number of aliphatic hydroxyl groups excluding tert-OH is 1. The molecule has 5 N–H and O–H groups in total. The molecular weight excluding hydrogens is 544 g/mol. The summed E-state index contributed by atoms with van der Waals surface area (Å²) in [6, 6.07) is 23.6. The summed E-state index contributed by atoms with van der Waals surface area (Å²) in [6.45, 7) is 6.07. The van der Waals surface area contributed by atoms with Gasteiger partial charge in [0.05, 0.1) is 31.0 Å². The highest BCUT2D eigenvalue weighted by Gasteiger charge is 2.21. The number of aliphatic hydroxyl groups is 2. The number of amides is 1. The van der Waals surface area contributed by atoms with Crippen molar-refractivity contribution in [3.05, 3.63) is 101 Å². The van der Waals surface area contributed by atoms with Crippen molar-refractivity contribution in [3.63, 3.8) is 0 Å². The van der Waals surface area contributed by atoms with Crippen molar-refractivity contribution in [1.82, 2.24) is 14.9 Å². The first-order chi connectivity index (χ1) is 20.9. The lowest BCUT2D eigenvalue weighted by molar-refractivity contribution is -0.0466. The second kappa shape index (κ2) is 13.8. The number of hydrogen-bond acceptors (Lipinski definition) is 7. The van der Waals surface area contributed by atoms with Gasteiger partial charge in [-0.1, -0.05) is 42.5 Å². The van der Waals surface area contributed by atoms with Gasteiger partial charge in [0, 0.05) is 35.2 Å². The number of nitrogens with one attached hydrogen (secondary N) is 1. The lowest BCUT2D eigenvalue weighted by Crippen LogP contribution is -2.28. The Balaban J connectivity index is 1.37. The van der Waals surface area contributed by atoms with E-state index in [1.807, 2.05) is 74.5 Å². The summed E-state index contributed by atoms with van der Waals surface area (Å²) >= 11 is 0. The number of carbonyl (C=O) groups is 1. The molecule has 1 amide bonds. The molecule has 0 atom stereocenters. The number of fused-ring (bicyclic) bond motifs is 2. The Morgan fingerprint density at radius 2 is 1.72 bits per heavy atom. The van der Waals surface area contributed by atoms with Gasteiger partial charge in [-0.2, -0.15) is 5.10 Å². The summed E-state index contributed by atoms with van der Waals surface area (Å²) in [5.74, 6) is 0.649. The number of pyridine rings is 1. The summed E-state index contributed by atoms with van der Waals surface area (Å²) in [6.07, 6.45) is -0.506. The number of hydrogen-bond donors (Lipinski definition) is 4. The lowest BCUT2D eigenvalue weighted by atomic mass is 9.96. The van der Waals surface area contributed by atoms with Crippen molar-refractivity contribution < 1.29 is 24.5 Å². The van der Waals surface area contributed by atoms with Gasteiger partial charge in [0.1, 0.15) is 11.4 Å². The number of ether oxygens (including phenoxy) is 2. The van der Waals surface area contributed by atoms with Gasteiger partial charge in [-0.25, -0.2) is 4.52 Å². The number of aryl methyl sites for hydroxylation is 3. The van der Waals surface area contributed by atoms with Crippen LogP contribution in [0.5, 0.6) is 5.75 Å². The fourth-order valence-corrected chi connectivity index (χ4v) is 5.57. The van der Waals surface area contributed by atoms with E-state index in [-0.39, 0.29) is 11.6 Å². The summed E-state index contributed by atoms with van der Waals surface area (Å²) in [5, 5.41) is 30.2. The Morgan fingerprint density at radius 3 is 2.49 bits per heavy atom. The zero-order chi connectivity index (χ0) is 30.3. The maximum Gasteiger partial charge on any atom is 0.251 e. The fourth-order valence-electron chi connectivity index (χ4n) is 5.57. The highest BCUT2D eigenvalue weighted by atomic mass is 16.5. The number of nitrogens with two attached hydrogens (primary N) is 1. The van der Waals surface area contributed by atoms with E-state index in [1.54, 1.807) is 4.52 Å². The number of rotatable bonds is 13. The molecular formula is C34H38N4O5. The molecule has 5 aromatic rings. The predicted octanol–water partition coefficient (Wildman–Crippen LogP) is 4.47. The molecule has 3 aromatic carbocycles. The van der Waals surface area contributed by atoms with Gasteiger partial charge in [-0.3, -0.25) is 4.79 Å². The first kappa shape index (κ1) is 30.2. The van der Waals surface area contributed by atoms with Crippen LogP contribution in [0.1, 0.15) is 45.5 Å². The van der Waals surface area contributed by atoms with Gasteiger partial charge < -0.3 is 30.7 Å². The SMILES string of the molecule is Cc1cc(C(=O)NCCOCCN)cc(C)c1-c1cccc2c(CCCOc3cccc4ccccc34)c(C(O)O)nn12. The van der Waals surface area contributed by atoms with Crippen LogP contribution in [0.2, 0.25) is 0 Å². The largest absolute Gasteiger partial charge is 0.493 e. The average Bonchev–Trinajstić information content (AvgIpc) is 3.38. The van der Waals surface area contributed by atoms with E-state index in [4.69, 9.17) is 15.2 Å². The van der Waals surface area contributed by atoms with E-state index < -0.39 is 6.29 Å². The van der Waals surface area contributed by atoms with Gasteiger partial charge in [-0.05, 0) is 73.5 Å². The van der Waals surface area contributed by atoms with Crippen LogP contribution in [-0.2, 0) is 11.2 Å². The van der Waals surface area contributed by atoms with Crippen LogP contribution in [0.4, 0.5) is 0 Å². The maximum absolute atomic E-state index is 12.8. The number of benzene rings is 3. The molecule has 5 rings (SSSR count). The molecule has 9 heteroatoms. The quantitative estimate of drug-likeness (QED) is 0.119. The summed E-state index contributed by atoms with van der Waals surface area (Å²) < 4.78 is 13.2.